The molecule has 3 nitrogen and oxygen atoms in total. The van der Waals surface area contributed by atoms with E-state index >= 15 is 0 Å². The number of esters is 1. The van der Waals surface area contributed by atoms with Gasteiger partial charge in [0.25, 0.3) is 0 Å². The lowest BCUT2D eigenvalue weighted by Crippen LogP contribution is -2.06. The van der Waals surface area contributed by atoms with Gasteiger partial charge in [-0.15, -0.1) is 0 Å². The number of nitrogens with one attached hydrogen (secondary N) is 1. The first kappa shape index (κ1) is 13.8. The van der Waals surface area contributed by atoms with Crippen LogP contribution in [0, 0.1) is 6.92 Å². The van der Waals surface area contributed by atoms with Gasteiger partial charge in [-0.25, -0.2) is 4.79 Å². The van der Waals surface area contributed by atoms with E-state index in [0.29, 0.717) is 12.1 Å². The van der Waals surface area contributed by atoms with E-state index in [2.05, 4.69) is 26.0 Å². The fraction of sp³-hybridized carbons (Fsp3) is 0.308. The third-order valence-electron chi connectivity index (χ3n) is 2.41. The number of carbonyl (C=O) groups is 1. The van der Waals surface area contributed by atoms with E-state index in [-0.39, 0.29) is 5.97 Å². The van der Waals surface area contributed by atoms with Crippen LogP contribution in [0.25, 0.3) is 0 Å². The molecule has 0 saturated carbocycles. The molecule has 0 aromatic heterocycles. The molecule has 1 aromatic carbocycles. The van der Waals surface area contributed by atoms with Crippen LogP contribution < -0.4 is 5.32 Å². The standard InChI is InChI=1S/C13H16BrNO2/c1-9-4-5-11(14)8-12(9)15-7-6-10(2)13(16)17-3/h4-6,8,15H,7H2,1-3H3/b10-6+. The highest BCUT2D eigenvalue weighted by Crippen LogP contribution is 2.20. The molecule has 0 amide bonds. The van der Waals surface area contributed by atoms with Gasteiger partial charge in [0.2, 0.25) is 0 Å². The van der Waals surface area contributed by atoms with E-state index < -0.39 is 0 Å². The van der Waals surface area contributed by atoms with Gasteiger partial charge in [-0.2, -0.15) is 0 Å². The van der Waals surface area contributed by atoms with Crippen molar-refractivity contribution >= 4 is 27.6 Å². The molecule has 0 radical (unpaired) electrons. The maximum Gasteiger partial charge on any atom is 0.333 e. The second-order valence-electron chi connectivity index (χ2n) is 3.72. The molecule has 0 fully saturated rings. The summed E-state index contributed by atoms with van der Waals surface area (Å²) < 4.78 is 5.64. The van der Waals surface area contributed by atoms with Gasteiger partial charge in [0.1, 0.15) is 0 Å². The van der Waals surface area contributed by atoms with Crippen molar-refractivity contribution in [1.29, 1.82) is 0 Å². The minimum atomic E-state index is -0.294. The average molecular weight is 298 g/mol. The van der Waals surface area contributed by atoms with E-state index in [1.165, 1.54) is 7.11 Å². The molecule has 17 heavy (non-hydrogen) atoms. The third-order valence-corrected chi connectivity index (χ3v) is 2.90. The number of rotatable bonds is 4. The molecular weight excluding hydrogens is 282 g/mol. The Labute approximate surface area is 110 Å². The van der Waals surface area contributed by atoms with Gasteiger partial charge in [0.15, 0.2) is 0 Å². The smallest absolute Gasteiger partial charge is 0.333 e. The molecule has 1 aromatic rings. The van der Waals surface area contributed by atoms with Gasteiger partial charge in [-0.3, -0.25) is 0 Å². The lowest BCUT2D eigenvalue weighted by Gasteiger charge is -2.08. The first-order valence-electron chi connectivity index (χ1n) is 5.29. The Balaban J connectivity index is 2.62. The Morgan fingerprint density at radius 2 is 2.24 bits per heavy atom. The summed E-state index contributed by atoms with van der Waals surface area (Å²) in [6.07, 6.45) is 1.81. The first-order valence-corrected chi connectivity index (χ1v) is 6.09. The zero-order valence-corrected chi connectivity index (χ0v) is 11.8. The maximum atomic E-state index is 11.1. The second-order valence-corrected chi connectivity index (χ2v) is 4.63. The van der Waals surface area contributed by atoms with Crippen LogP contribution in [-0.2, 0) is 9.53 Å². The highest BCUT2D eigenvalue weighted by atomic mass is 79.9. The maximum absolute atomic E-state index is 11.1. The Hall–Kier alpha value is -1.29. The SMILES string of the molecule is COC(=O)/C(C)=C/CNc1cc(Br)ccc1C. The summed E-state index contributed by atoms with van der Waals surface area (Å²) in [5, 5.41) is 3.25. The van der Waals surface area contributed by atoms with Crippen molar-refractivity contribution in [2.75, 3.05) is 19.0 Å². The van der Waals surface area contributed by atoms with Crippen molar-refractivity contribution in [3.63, 3.8) is 0 Å². The van der Waals surface area contributed by atoms with E-state index in [9.17, 15) is 4.79 Å². The first-order chi connectivity index (χ1) is 8.04. The van der Waals surface area contributed by atoms with Crippen molar-refractivity contribution in [2.24, 2.45) is 0 Å². The average Bonchev–Trinajstić information content (AvgIpc) is 2.32. The number of aryl methyl sites for hydroxylation is 1. The number of anilines is 1. The molecule has 92 valence electrons. The van der Waals surface area contributed by atoms with Crippen molar-refractivity contribution in [3.8, 4) is 0 Å². The fourth-order valence-electron chi connectivity index (χ4n) is 1.34. The molecule has 4 heteroatoms. The van der Waals surface area contributed by atoms with Crippen molar-refractivity contribution in [2.45, 2.75) is 13.8 Å². The summed E-state index contributed by atoms with van der Waals surface area (Å²) in [5.41, 5.74) is 2.82. The predicted octanol–water partition coefficient (Wildman–Crippen LogP) is 3.29. The summed E-state index contributed by atoms with van der Waals surface area (Å²) in [4.78, 5) is 11.1. The Kier molecular flexibility index (Phi) is 5.22. The quantitative estimate of drug-likeness (QED) is 0.685. The highest BCUT2D eigenvalue weighted by molar-refractivity contribution is 9.10. The van der Waals surface area contributed by atoms with Crippen LogP contribution in [0.2, 0.25) is 0 Å². The molecule has 1 rings (SSSR count). The van der Waals surface area contributed by atoms with Crippen LogP contribution in [0.15, 0.2) is 34.3 Å². The molecule has 0 aliphatic rings. The third kappa shape index (κ3) is 4.23. The van der Waals surface area contributed by atoms with Gasteiger partial charge >= 0.3 is 5.97 Å². The number of ether oxygens (including phenoxy) is 1. The second kappa shape index (κ2) is 6.45. The molecule has 0 spiro atoms. The zero-order valence-electron chi connectivity index (χ0n) is 10.2. The summed E-state index contributed by atoms with van der Waals surface area (Å²) in [6.45, 7) is 4.37. The molecular formula is C13H16BrNO2. The molecule has 0 atom stereocenters. The summed E-state index contributed by atoms with van der Waals surface area (Å²) in [5.74, 6) is -0.294. The zero-order chi connectivity index (χ0) is 12.8. The van der Waals surface area contributed by atoms with Crippen molar-refractivity contribution in [3.05, 3.63) is 39.9 Å². The molecule has 1 N–H and O–H groups in total. The molecule has 0 unspecified atom stereocenters. The van der Waals surface area contributed by atoms with Gasteiger partial charge in [-0.05, 0) is 31.5 Å². The molecule has 0 bridgehead atoms. The van der Waals surface area contributed by atoms with Crippen LogP contribution in [0.1, 0.15) is 12.5 Å². The fourth-order valence-corrected chi connectivity index (χ4v) is 1.70. The van der Waals surface area contributed by atoms with Gasteiger partial charge < -0.3 is 10.1 Å². The highest BCUT2D eigenvalue weighted by Gasteiger charge is 2.02. The predicted molar refractivity (Wildman–Crippen MR) is 73.1 cm³/mol. The Morgan fingerprint density at radius 3 is 2.88 bits per heavy atom. The van der Waals surface area contributed by atoms with Gasteiger partial charge in [0.05, 0.1) is 7.11 Å². The lowest BCUT2D eigenvalue weighted by atomic mass is 10.2. The summed E-state index contributed by atoms with van der Waals surface area (Å²) >= 11 is 3.42. The molecule has 0 aliphatic heterocycles. The van der Waals surface area contributed by atoms with E-state index in [1.54, 1.807) is 6.92 Å². The van der Waals surface area contributed by atoms with Gasteiger partial charge in [-0.1, -0.05) is 28.1 Å². The molecule has 0 heterocycles. The minimum Gasteiger partial charge on any atom is -0.466 e. The molecule has 0 aliphatic carbocycles. The monoisotopic (exact) mass is 297 g/mol. The summed E-state index contributed by atoms with van der Waals surface area (Å²) in [7, 11) is 1.38. The normalized spacial score (nSPS) is 11.2. The number of methoxy groups -OCH3 is 1. The van der Waals surface area contributed by atoms with E-state index in [0.717, 1.165) is 15.7 Å². The Morgan fingerprint density at radius 1 is 1.53 bits per heavy atom. The van der Waals surface area contributed by atoms with Crippen LogP contribution in [0.3, 0.4) is 0 Å². The van der Waals surface area contributed by atoms with Crippen LogP contribution in [-0.4, -0.2) is 19.6 Å². The van der Waals surface area contributed by atoms with E-state index in [4.69, 9.17) is 0 Å². The number of carbonyl (C=O) groups excluding carboxylic acids is 1. The van der Waals surface area contributed by atoms with E-state index in [1.807, 2.05) is 31.2 Å². The largest absolute Gasteiger partial charge is 0.466 e. The summed E-state index contributed by atoms with van der Waals surface area (Å²) in [6, 6.07) is 6.04. The number of hydrogen-bond donors (Lipinski definition) is 1. The topological polar surface area (TPSA) is 38.3 Å². The van der Waals surface area contributed by atoms with Crippen LogP contribution in [0.4, 0.5) is 5.69 Å². The van der Waals surface area contributed by atoms with Crippen LogP contribution in [0.5, 0.6) is 0 Å². The molecule has 0 saturated heterocycles. The minimum absolute atomic E-state index is 0.294. The van der Waals surface area contributed by atoms with Crippen LogP contribution >= 0.6 is 15.9 Å². The number of benzene rings is 1. The Bertz CT molecular complexity index is 441. The van der Waals surface area contributed by atoms with Crippen molar-refractivity contribution < 1.29 is 9.53 Å². The van der Waals surface area contributed by atoms with Crippen molar-refractivity contribution in [1.82, 2.24) is 0 Å². The lowest BCUT2D eigenvalue weighted by molar-refractivity contribution is -0.136. The number of halogens is 1. The van der Waals surface area contributed by atoms with Gasteiger partial charge in [0, 0.05) is 22.3 Å². The number of hydrogen-bond acceptors (Lipinski definition) is 3.